The number of hydrogen-bond acceptors (Lipinski definition) is 2. The first-order valence-electron chi connectivity index (χ1n) is 5.75. The summed E-state index contributed by atoms with van der Waals surface area (Å²) < 4.78 is 0.813. The second-order valence-corrected chi connectivity index (χ2v) is 5.40. The van der Waals surface area contributed by atoms with E-state index in [1.165, 1.54) is 0 Å². The SMILES string of the molecule is C[C@H](NC(=O)c1cc(Br)ccc1Cl)c1ccccn1. The summed E-state index contributed by atoms with van der Waals surface area (Å²) >= 11 is 9.35. The predicted octanol–water partition coefficient (Wildman–Crippen LogP) is 3.99. The molecule has 5 heteroatoms. The number of nitrogens with zero attached hydrogens (tertiary/aromatic N) is 1. The number of benzene rings is 1. The predicted molar refractivity (Wildman–Crippen MR) is 79.3 cm³/mol. The second-order valence-electron chi connectivity index (χ2n) is 4.07. The van der Waals surface area contributed by atoms with Gasteiger partial charge in [0.15, 0.2) is 0 Å². The number of amides is 1. The third-order valence-corrected chi connectivity index (χ3v) is 3.47. The van der Waals surface area contributed by atoms with Crippen molar-refractivity contribution in [2.75, 3.05) is 0 Å². The van der Waals surface area contributed by atoms with E-state index in [1.807, 2.05) is 25.1 Å². The first-order valence-corrected chi connectivity index (χ1v) is 6.92. The Hall–Kier alpha value is -1.39. The molecule has 2 rings (SSSR count). The maximum absolute atomic E-state index is 12.2. The van der Waals surface area contributed by atoms with Gasteiger partial charge in [-0.25, -0.2) is 0 Å². The summed E-state index contributed by atoms with van der Waals surface area (Å²) in [5.74, 6) is -0.218. The van der Waals surface area contributed by atoms with Crippen LogP contribution in [0.15, 0.2) is 47.1 Å². The van der Waals surface area contributed by atoms with Gasteiger partial charge in [-0.3, -0.25) is 9.78 Å². The Bertz CT molecular complexity index is 589. The molecule has 0 aliphatic heterocycles. The van der Waals surface area contributed by atoms with Crippen LogP contribution in [-0.4, -0.2) is 10.9 Å². The lowest BCUT2D eigenvalue weighted by Crippen LogP contribution is -2.27. The Balaban J connectivity index is 2.15. The van der Waals surface area contributed by atoms with E-state index in [0.29, 0.717) is 10.6 Å². The fraction of sp³-hybridized carbons (Fsp3) is 0.143. The van der Waals surface area contributed by atoms with Gasteiger partial charge in [0.05, 0.1) is 22.3 Å². The third-order valence-electron chi connectivity index (χ3n) is 2.65. The van der Waals surface area contributed by atoms with Crippen LogP contribution in [0.4, 0.5) is 0 Å². The molecule has 1 aromatic carbocycles. The van der Waals surface area contributed by atoms with E-state index in [9.17, 15) is 4.79 Å². The minimum Gasteiger partial charge on any atom is -0.344 e. The zero-order valence-corrected chi connectivity index (χ0v) is 12.6. The summed E-state index contributed by atoms with van der Waals surface area (Å²) in [6.45, 7) is 1.88. The van der Waals surface area contributed by atoms with Crippen LogP contribution in [0, 0.1) is 0 Å². The normalized spacial score (nSPS) is 11.9. The van der Waals surface area contributed by atoms with Gasteiger partial charge in [-0.2, -0.15) is 0 Å². The molecule has 0 saturated carbocycles. The molecule has 0 spiro atoms. The van der Waals surface area contributed by atoms with Crippen LogP contribution in [0.25, 0.3) is 0 Å². The molecule has 0 radical (unpaired) electrons. The van der Waals surface area contributed by atoms with Crippen molar-refractivity contribution >= 4 is 33.4 Å². The van der Waals surface area contributed by atoms with E-state index in [2.05, 4.69) is 26.2 Å². The largest absolute Gasteiger partial charge is 0.344 e. The molecule has 0 unspecified atom stereocenters. The Kier molecular flexibility index (Phi) is 4.56. The van der Waals surface area contributed by atoms with Gasteiger partial charge >= 0.3 is 0 Å². The molecule has 1 amide bonds. The zero-order valence-electron chi connectivity index (χ0n) is 10.2. The average Bonchev–Trinajstić information content (AvgIpc) is 2.42. The van der Waals surface area contributed by atoms with Gasteiger partial charge in [-0.1, -0.05) is 33.6 Å². The highest BCUT2D eigenvalue weighted by atomic mass is 79.9. The third kappa shape index (κ3) is 3.55. The summed E-state index contributed by atoms with van der Waals surface area (Å²) in [5, 5.41) is 3.30. The molecule has 0 fully saturated rings. The van der Waals surface area contributed by atoms with Gasteiger partial charge in [0, 0.05) is 10.7 Å². The number of carbonyl (C=O) groups excluding carboxylic acids is 1. The molecule has 3 nitrogen and oxygen atoms in total. The summed E-state index contributed by atoms with van der Waals surface area (Å²) in [5.41, 5.74) is 1.25. The molecule has 0 saturated heterocycles. The maximum Gasteiger partial charge on any atom is 0.253 e. The van der Waals surface area contributed by atoms with Crippen molar-refractivity contribution in [3.05, 3.63) is 63.3 Å². The minimum absolute atomic E-state index is 0.177. The number of carbonyl (C=O) groups is 1. The van der Waals surface area contributed by atoms with E-state index >= 15 is 0 Å². The van der Waals surface area contributed by atoms with Crippen LogP contribution in [0.5, 0.6) is 0 Å². The van der Waals surface area contributed by atoms with Crippen LogP contribution in [0.1, 0.15) is 29.0 Å². The molecule has 19 heavy (non-hydrogen) atoms. The van der Waals surface area contributed by atoms with Gasteiger partial charge in [0.25, 0.3) is 5.91 Å². The van der Waals surface area contributed by atoms with Crippen molar-refractivity contribution < 1.29 is 4.79 Å². The maximum atomic E-state index is 12.2. The fourth-order valence-electron chi connectivity index (χ4n) is 1.65. The van der Waals surface area contributed by atoms with Gasteiger partial charge in [0.2, 0.25) is 0 Å². The monoisotopic (exact) mass is 338 g/mol. The highest BCUT2D eigenvalue weighted by Crippen LogP contribution is 2.21. The molecule has 1 atom stereocenters. The van der Waals surface area contributed by atoms with Crippen molar-refractivity contribution in [3.63, 3.8) is 0 Å². The van der Waals surface area contributed by atoms with Crippen molar-refractivity contribution in [3.8, 4) is 0 Å². The van der Waals surface area contributed by atoms with Crippen molar-refractivity contribution in [2.24, 2.45) is 0 Å². The zero-order chi connectivity index (χ0) is 13.8. The number of hydrogen-bond donors (Lipinski definition) is 1. The Labute approximate surface area is 125 Å². The van der Waals surface area contributed by atoms with E-state index in [-0.39, 0.29) is 11.9 Å². The van der Waals surface area contributed by atoms with E-state index in [1.54, 1.807) is 24.4 Å². The topological polar surface area (TPSA) is 42.0 Å². The minimum atomic E-state index is -0.218. The first-order chi connectivity index (χ1) is 9.08. The summed E-state index contributed by atoms with van der Waals surface area (Å²) in [6.07, 6.45) is 1.70. The van der Waals surface area contributed by atoms with Crippen LogP contribution in [0.3, 0.4) is 0 Å². The lowest BCUT2D eigenvalue weighted by atomic mass is 10.1. The van der Waals surface area contributed by atoms with Crippen molar-refractivity contribution in [1.29, 1.82) is 0 Å². The van der Waals surface area contributed by atoms with Gasteiger partial charge in [-0.15, -0.1) is 0 Å². The van der Waals surface area contributed by atoms with Gasteiger partial charge < -0.3 is 5.32 Å². The van der Waals surface area contributed by atoms with E-state index in [4.69, 9.17) is 11.6 Å². The molecule has 1 N–H and O–H groups in total. The van der Waals surface area contributed by atoms with Gasteiger partial charge in [0.1, 0.15) is 0 Å². The Morgan fingerprint density at radius 1 is 1.37 bits per heavy atom. The number of rotatable bonds is 3. The summed E-state index contributed by atoms with van der Waals surface area (Å²) in [4.78, 5) is 16.4. The van der Waals surface area contributed by atoms with Crippen LogP contribution < -0.4 is 5.32 Å². The molecule has 0 aliphatic rings. The fourth-order valence-corrected chi connectivity index (χ4v) is 2.22. The number of nitrogens with one attached hydrogen (secondary N) is 1. The lowest BCUT2D eigenvalue weighted by Gasteiger charge is -2.14. The number of aromatic nitrogens is 1. The van der Waals surface area contributed by atoms with Gasteiger partial charge in [-0.05, 0) is 37.3 Å². The number of pyridine rings is 1. The highest BCUT2D eigenvalue weighted by Gasteiger charge is 2.15. The standard InChI is InChI=1S/C14H12BrClN2O/c1-9(13-4-2-3-7-17-13)18-14(19)11-8-10(15)5-6-12(11)16/h2-9H,1H3,(H,18,19)/t9-/m0/s1. The molecular formula is C14H12BrClN2O. The van der Waals surface area contributed by atoms with E-state index < -0.39 is 0 Å². The number of halogens is 2. The highest BCUT2D eigenvalue weighted by molar-refractivity contribution is 9.10. The lowest BCUT2D eigenvalue weighted by molar-refractivity contribution is 0.0939. The molecule has 1 aromatic heterocycles. The van der Waals surface area contributed by atoms with Crippen molar-refractivity contribution in [2.45, 2.75) is 13.0 Å². The second kappa shape index (κ2) is 6.17. The molecular weight excluding hydrogens is 328 g/mol. The van der Waals surface area contributed by atoms with E-state index in [0.717, 1.165) is 10.2 Å². The smallest absolute Gasteiger partial charge is 0.253 e. The Morgan fingerprint density at radius 2 is 2.16 bits per heavy atom. The molecule has 98 valence electrons. The first kappa shape index (κ1) is 14.0. The molecule has 2 aromatic rings. The summed E-state index contributed by atoms with van der Waals surface area (Å²) in [6, 6.07) is 10.6. The molecule has 0 aliphatic carbocycles. The van der Waals surface area contributed by atoms with Crippen LogP contribution in [-0.2, 0) is 0 Å². The summed E-state index contributed by atoms with van der Waals surface area (Å²) in [7, 11) is 0. The Morgan fingerprint density at radius 3 is 2.84 bits per heavy atom. The molecule has 0 bridgehead atoms. The average molecular weight is 340 g/mol. The van der Waals surface area contributed by atoms with Crippen molar-refractivity contribution in [1.82, 2.24) is 10.3 Å². The van der Waals surface area contributed by atoms with Crippen LogP contribution in [0.2, 0.25) is 5.02 Å². The quantitative estimate of drug-likeness (QED) is 0.918. The molecule has 1 heterocycles. The van der Waals surface area contributed by atoms with Crippen LogP contribution >= 0.6 is 27.5 Å².